The number of nitrogens with one attached hydrogen (secondary N) is 2. The van der Waals surface area contributed by atoms with Crippen LogP contribution in [0.2, 0.25) is 5.02 Å². The Morgan fingerprint density at radius 2 is 1.50 bits per heavy atom. The Balaban J connectivity index is 1.87. The smallest absolute Gasteiger partial charge is 0.261 e. The van der Waals surface area contributed by atoms with Crippen molar-refractivity contribution in [3.8, 4) is 0 Å². The van der Waals surface area contributed by atoms with Gasteiger partial charge in [0, 0.05) is 6.07 Å². The first-order valence-electron chi connectivity index (χ1n) is 10.1. The lowest BCUT2D eigenvalue weighted by Gasteiger charge is -2.26. The molecule has 0 aromatic heterocycles. The third-order valence-corrected chi connectivity index (χ3v) is 5.92. The van der Waals surface area contributed by atoms with Gasteiger partial charge in [0.15, 0.2) is 5.82 Å². The molecule has 0 aliphatic rings. The molecular formula is C24H16Cl3F5N2O2. The summed E-state index contributed by atoms with van der Waals surface area (Å²) in [4.78, 5) is 25.4. The van der Waals surface area contributed by atoms with Crippen molar-refractivity contribution in [1.29, 1.82) is 0 Å². The van der Waals surface area contributed by atoms with Gasteiger partial charge in [-0.2, -0.15) is 0 Å². The zero-order valence-corrected chi connectivity index (χ0v) is 20.5. The van der Waals surface area contributed by atoms with E-state index in [0.29, 0.717) is 17.7 Å². The van der Waals surface area contributed by atoms with E-state index in [1.165, 1.54) is 19.1 Å². The molecule has 0 bridgehead atoms. The van der Waals surface area contributed by atoms with Crippen LogP contribution in [-0.4, -0.2) is 16.1 Å². The summed E-state index contributed by atoms with van der Waals surface area (Å²) in [5.41, 5.74) is -1.84. The van der Waals surface area contributed by atoms with Crippen LogP contribution in [0, 0.1) is 35.0 Å². The lowest BCUT2D eigenvalue weighted by Crippen LogP contribution is -2.36. The lowest BCUT2D eigenvalue weighted by molar-refractivity contribution is -0.120. The normalized spacial score (nSPS) is 12.2. The molecular weight excluding hydrogens is 550 g/mol. The summed E-state index contributed by atoms with van der Waals surface area (Å²) in [6.07, 6.45) is -0.130. The van der Waals surface area contributed by atoms with Gasteiger partial charge in [0.25, 0.3) is 5.91 Å². The van der Waals surface area contributed by atoms with Crippen molar-refractivity contribution in [2.45, 2.75) is 17.7 Å². The van der Waals surface area contributed by atoms with Gasteiger partial charge in [-0.15, -0.1) is 23.2 Å². The van der Waals surface area contributed by atoms with E-state index in [4.69, 9.17) is 34.8 Å². The number of amides is 2. The van der Waals surface area contributed by atoms with Crippen LogP contribution in [0.3, 0.4) is 0 Å². The quantitative estimate of drug-likeness (QED) is 0.234. The number of alkyl halides is 2. The van der Waals surface area contributed by atoms with Crippen molar-refractivity contribution in [2.24, 2.45) is 5.92 Å². The van der Waals surface area contributed by atoms with Gasteiger partial charge in [0.2, 0.25) is 5.91 Å². The summed E-state index contributed by atoms with van der Waals surface area (Å²) in [6.45, 7) is 1.31. The molecule has 0 saturated carbocycles. The highest BCUT2D eigenvalue weighted by atomic mass is 35.5. The summed E-state index contributed by atoms with van der Waals surface area (Å²) in [5, 5.41) is 3.96. The molecule has 0 heterocycles. The van der Waals surface area contributed by atoms with Gasteiger partial charge in [-0.25, -0.2) is 22.0 Å². The number of carbonyl (C=O) groups excluding carboxylic acids is 2. The third-order valence-electron chi connectivity index (χ3n) is 5.11. The number of benzene rings is 3. The number of hydrogen-bond donors (Lipinski definition) is 2. The van der Waals surface area contributed by atoms with E-state index < -0.39 is 68.1 Å². The fraction of sp³-hybridized carbons (Fsp3) is 0.167. The highest BCUT2D eigenvalue weighted by molar-refractivity contribution is 6.49. The molecule has 0 saturated heterocycles. The van der Waals surface area contributed by atoms with Gasteiger partial charge >= 0.3 is 0 Å². The van der Waals surface area contributed by atoms with Gasteiger partial charge in [0.05, 0.1) is 22.3 Å². The summed E-state index contributed by atoms with van der Waals surface area (Å²) in [5.74, 6) is -9.04. The van der Waals surface area contributed by atoms with E-state index in [1.807, 2.05) is 5.32 Å². The van der Waals surface area contributed by atoms with Crippen LogP contribution in [0.4, 0.5) is 33.3 Å². The molecule has 190 valence electrons. The van der Waals surface area contributed by atoms with Gasteiger partial charge < -0.3 is 10.6 Å². The van der Waals surface area contributed by atoms with E-state index in [-0.39, 0.29) is 11.4 Å². The van der Waals surface area contributed by atoms with Crippen molar-refractivity contribution in [2.75, 3.05) is 10.6 Å². The SMILES string of the molecule is CC(Cl)(Cl)C(Cc1ccc(F)c(Cl)c1)C(=O)Nc1ccc(F)c(C(=O)Nc2ccc(F)cc2F)c1F. The largest absolute Gasteiger partial charge is 0.323 e. The zero-order chi connectivity index (χ0) is 26.8. The maximum Gasteiger partial charge on any atom is 0.261 e. The number of carbonyl (C=O) groups is 2. The first-order valence-corrected chi connectivity index (χ1v) is 11.3. The Bertz CT molecular complexity index is 1330. The van der Waals surface area contributed by atoms with Crippen molar-refractivity contribution in [3.05, 3.63) is 93.8 Å². The molecule has 0 aliphatic heterocycles. The van der Waals surface area contributed by atoms with Crippen molar-refractivity contribution in [3.63, 3.8) is 0 Å². The van der Waals surface area contributed by atoms with Gasteiger partial charge in [0.1, 0.15) is 33.2 Å². The standard InChI is InChI=1S/C24H16Cl3F5N2O2/c1-24(26,27)13(8-11-2-4-15(29)14(25)9-11)22(35)34-19-7-5-16(30)20(21(19)32)23(36)33-18-6-3-12(28)10-17(18)31/h2-7,9-10,13H,8H2,1H3,(H,33,36)(H,34,35). The predicted molar refractivity (Wildman–Crippen MR) is 128 cm³/mol. The molecule has 0 fully saturated rings. The van der Waals surface area contributed by atoms with E-state index in [2.05, 4.69) is 5.32 Å². The van der Waals surface area contributed by atoms with Crippen LogP contribution >= 0.6 is 34.8 Å². The molecule has 3 aromatic rings. The van der Waals surface area contributed by atoms with Gasteiger partial charge in [-0.05, 0) is 55.3 Å². The monoisotopic (exact) mass is 564 g/mol. The Kier molecular flexibility index (Phi) is 8.48. The second-order valence-electron chi connectivity index (χ2n) is 7.81. The van der Waals surface area contributed by atoms with Crippen LogP contribution in [0.5, 0.6) is 0 Å². The summed E-state index contributed by atoms with van der Waals surface area (Å²) in [7, 11) is 0. The highest BCUT2D eigenvalue weighted by Gasteiger charge is 2.37. The van der Waals surface area contributed by atoms with Crippen LogP contribution in [0.25, 0.3) is 0 Å². The van der Waals surface area contributed by atoms with E-state index in [1.54, 1.807) is 0 Å². The highest BCUT2D eigenvalue weighted by Crippen LogP contribution is 2.35. The number of halogens is 8. The molecule has 0 radical (unpaired) electrons. The molecule has 1 unspecified atom stereocenters. The van der Waals surface area contributed by atoms with Crippen LogP contribution in [-0.2, 0) is 11.2 Å². The molecule has 3 rings (SSSR count). The average Bonchev–Trinajstić information content (AvgIpc) is 2.77. The van der Waals surface area contributed by atoms with Gasteiger partial charge in [-0.1, -0.05) is 17.7 Å². The minimum Gasteiger partial charge on any atom is -0.323 e. The molecule has 0 spiro atoms. The average molecular weight is 566 g/mol. The van der Waals surface area contributed by atoms with Crippen molar-refractivity contribution < 1.29 is 31.5 Å². The van der Waals surface area contributed by atoms with Crippen molar-refractivity contribution in [1.82, 2.24) is 0 Å². The Hall–Kier alpha value is -2.88. The minimum atomic E-state index is -1.69. The molecule has 3 aromatic carbocycles. The maximum atomic E-state index is 15.1. The third kappa shape index (κ3) is 6.46. The first-order chi connectivity index (χ1) is 16.8. The molecule has 2 amide bonds. The zero-order valence-electron chi connectivity index (χ0n) is 18.2. The number of hydrogen-bond acceptors (Lipinski definition) is 2. The fourth-order valence-corrected chi connectivity index (χ4v) is 3.81. The minimum absolute atomic E-state index is 0.130. The molecule has 2 N–H and O–H groups in total. The predicted octanol–water partition coefficient (Wildman–Crippen LogP) is 7.28. The summed E-state index contributed by atoms with van der Waals surface area (Å²) >= 11 is 18.1. The molecule has 4 nitrogen and oxygen atoms in total. The van der Waals surface area contributed by atoms with Gasteiger partial charge in [-0.3, -0.25) is 9.59 Å². The second kappa shape index (κ2) is 11.0. The molecule has 12 heteroatoms. The van der Waals surface area contributed by atoms with E-state index >= 15 is 4.39 Å². The van der Waals surface area contributed by atoms with Crippen LogP contribution < -0.4 is 10.6 Å². The fourth-order valence-electron chi connectivity index (χ4n) is 3.26. The van der Waals surface area contributed by atoms with Crippen LogP contribution in [0.1, 0.15) is 22.8 Å². The first kappa shape index (κ1) is 27.7. The van der Waals surface area contributed by atoms with Crippen LogP contribution in [0.15, 0.2) is 48.5 Å². The van der Waals surface area contributed by atoms with E-state index in [0.717, 1.165) is 24.3 Å². The lowest BCUT2D eigenvalue weighted by atomic mass is 9.95. The maximum absolute atomic E-state index is 15.1. The summed E-state index contributed by atoms with van der Waals surface area (Å²) in [6, 6.07) is 7.48. The molecule has 1 atom stereocenters. The Morgan fingerprint density at radius 1 is 0.861 bits per heavy atom. The number of rotatable bonds is 7. The van der Waals surface area contributed by atoms with E-state index in [9.17, 15) is 27.2 Å². The molecule has 36 heavy (non-hydrogen) atoms. The van der Waals surface area contributed by atoms with Crippen molar-refractivity contribution >= 4 is 58.0 Å². The molecule has 0 aliphatic carbocycles. The summed E-state index contributed by atoms with van der Waals surface area (Å²) < 4.78 is 68.1. The second-order valence-corrected chi connectivity index (χ2v) is 9.98. The Morgan fingerprint density at radius 3 is 2.11 bits per heavy atom. The Labute approximate surface area is 217 Å². The number of anilines is 2. The topological polar surface area (TPSA) is 58.2 Å².